The summed E-state index contributed by atoms with van der Waals surface area (Å²) in [6.07, 6.45) is 0. The summed E-state index contributed by atoms with van der Waals surface area (Å²) in [7, 11) is 0. The van der Waals surface area contributed by atoms with E-state index in [1.165, 1.54) is 0 Å². The minimum atomic E-state index is 0.0184. The van der Waals surface area contributed by atoms with Gasteiger partial charge in [-0.3, -0.25) is 4.79 Å². The van der Waals surface area contributed by atoms with Gasteiger partial charge in [-0.05, 0) is 26.0 Å². The van der Waals surface area contributed by atoms with E-state index in [0.717, 1.165) is 16.3 Å². The van der Waals surface area contributed by atoms with Crippen molar-refractivity contribution in [2.24, 2.45) is 0 Å². The molecule has 0 saturated heterocycles. The third kappa shape index (κ3) is 3.45. The molecule has 3 nitrogen and oxygen atoms in total. The van der Waals surface area contributed by atoms with Crippen molar-refractivity contribution in [1.82, 2.24) is 4.98 Å². The largest absolute Gasteiger partial charge is 0.487 e. The molecule has 106 valence electrons. The number of ether oxygens (including phenoxy) is 1. The van der Waals surface area contributed by atoms with Gasteiger partial charge in [0.05, 0.1) is 16.3 Å². The quantitative estimate of drug-likeness (QED) is 0.768. The van der Waals surface area contributed by atoms with Crippen molar-refractivity contribution in [2.75, 3.05) is 0 Å². The van der Waals surface area contributed by atoms with Gasteiger partial charge in [0.25, 0.3) is 0 Å². The van der Waals surface area contributed by atoms with Gasteiger partial charge >= 0.3 is 0 Å². The van der Waals surface area contributed by atoms with Crippen LogP contribution in [-0.2, 0) is 6.61 Å². The van der Waals surface area contributed by atoms with E-state index in [1.54, 1.807) is 18.3 Å². The lowest BCUT2D eigenvalue weighted by atomic mass is 10.1. The highest BCUT2D eigenvalue weighted by Gasteiger charge is 2.10. The van der Waals surface area contributed by atoms with Gasteiger partial charge in [0.1, 0.15) is 12.4 Å². The Hall–Kier alpha value is -1.68. The molecule has 20 heavy (non-hydrogen) atoms. The van der Waals surface area contributed by atoms with Crippen LogP contribution in [0.15, 0.2) is 23.6 Å². The molecule has 0 spiro atoms. The van der Waals surface area contributed by atoms with Gasteiger partial charge in [-0.2, -0.15) is 0 Å². The van der Waals surface area contributed by atoms with E-state index in [1.807, 2.05) is 30.5 Å². The van der Waals surface area contributed by atoms with Gasteiger partial charge < -0.3 is 4.74 Å². The molecule has 1 aromatic carbocycles. The molecule has 1 aromatic heterocycles. The number of Topliss-reactive ketones (excluding diaryl/α,β-unsaturated/α-hetero) is 1. The van der Waals surface area contributed by atoms with Crippen LogP contribution >= 0.6 is 11.3 Å². The number of ketones is 1. The fourth-order valence-electron chi connectivity index (χ4n) is 1.85. The maximum Gasteiger partial charge on any atom is 0.163 e. The maximum atomic E-state index is 11.6. The Bertz CT molecular complexity index is 617. The number of aryl methyl sites for hydroxylation is 1. The fourth-order valence-corrected chi connectivity index (χ4v) is 2.67. The van der Waals surface area contributed by atoms with E-state index in [4.69, 9.17) is 4.74 Å². The summed E-state index contributed by atoms with van der Waals surface area (Å²) in [5.74, 6) is 1.08. The Labute approximate surface area is 123 Å². The number of aromatic nitrogens is 1. The van der Waals surface area contributed by atoms with E-state index in [9.17, 15) is 4.79 Å². The second-order valence-electron chi connectivity index (χ2n) is 5.18. The molecule has 0 unspecified atom stereocenters. The lowest BCUT2D eigenvalue weighted by molar-refractivity contribution is 0.101. The van der Waals surface area contributed by atoms with Gasteiger partial charge in [0.15, 0.2) is 5.78 Å². The summed E-state index contributed by atoms with van der Waals surface area (Å²) >= 11 is 1.65. The second-order valence-corrected chi connectivity index (χ2v) is 6.07. The Balaban J connectivity index is 2.12. The highest BCUT2D eigenvalue weighted by atomic mass is 32.1. The third-order valence-corrected chi connectivity index (χ3v) is 4.15. The fraction of sp³-hybridized carbons (Fsp3) is 0.375. The topological polar surface area (TPSA) is 39.2 Å². The van der Waals surface area contributed by atoms with Gasteiger partial charge in [-0.1, -0.05) is 25.5 Å². The van der Waals surface area contributed by atoms with Gasteiger partial charge in [0.2, 0.25) is 0 Å². The molecule has 0 bridgehead atoms. The molecular formula is C16H19NO2S. The van der Waals surface area contributed by atoms with E-state index in [0.29, 0.717) is 23.8 Å². The van der Waals surface area contributed by atoms with Crippen LogP contribution in [0.5, 0.6) is 5.75 Å². The van der Waals surface area contributed by atoms with Crippen LogP contribution in [0.3, 0.4) is 0 Å². The summed E-state index contributed by atoms with van der Waals surface area (Å²) in [6.45, 7) is 8.16. The molecule has 0 atom stereocenters. The number of nitrogens with zero attached hydrogens (tertiary/aromatic N) is 1. The van der Waals surface area contributed by atoms with Crippen LogP contribution in [0, 0.1) is 6.92 Å². The summed E-state index contributed by atoms with van der Waals surface area (Å²) in [4.78, 5) is 16.2. The number of carbonyl (C=O) groups is 1. The van der Waals surface area contributed by atoms with Crippen molar-refractivity contribution in [2.45, 2.75) is 40.2 Å². The SMILES string of the molecule is CC(=O)c1cc(C)ccc1OCc1csc(C(C)C)n1. The number of carbonyl (C=O) groups excluding carboxylic acids is 1. The zero-order valence-electron chi connectivity index (χ0n) is 12.3. The Morgan fingerprint density at radius 3 is 2.75 bits per heavy atom. The summed E-state index contributed by atoms with van der Waals surface area (Å²) < 4.78 is 5.76. The monoisotopic (exact) mass is 289 g/mol. The second kappa shape index (κ2) is 6.18. The van der Waals surface area contributed by atoms with E-state index >= 15 is 0 Å². The average Bonchev–Trinajstić information content (AvgIpc) is 2.86. The average molecular weight is 289 g/mol. The lowest BCUT2D eigenvalue weighted by Crippen LogP contribution is -2.02. The minimum Gasteiger partial charge on any atom is -0.487 e. The van der Waals surface area contributed by atoms with Crippen LogP contribution in [0.4, 0.5) is 0 Å². The Morgan fingerprint density at radius 1 is 1.40 bits per heavy atom. The predicted octanol–water partition coefficient (Wildman–Crippen LogP) is 4.36. The molecule has 0 saturated carbocycles. The van der Waals surface area contributed by atoms with Gasteiger partial charge in [-0.25, -0.2) is 4.98 Å². The molecule has 2 rings (SSSR count). The molecule has 0 aliphatic heterocycles. The first-order chi connectivity index (χ1) is 9.47. The number of hydrogen-bond acceptors (Lipinski definition) is 4. The summed E-state index contributed by atoms with van der Waals surface area (Å²) in [5.41, 5.74) is 2.59. The van der Waals surface area contributed by atoms with Crippen molar-refractivity contribution in [3.8, 4) is 5.75 Å². The molecule has 0 fully saturated rings. The first-order valence-electron chi connectivity index (χ1n) is 6.66. The van der Waals surface area contributed by atoms with Crippen molar-refractivity contribution < 1.29 is 9.53 Å². The summed E-state index contributed by atoms with van der Waals surface area (Å²) in [5, 5.41) is 3.12. The highest BCUT2D eigenvalue weighted by Crippen LogP contribution is 2.23. The van der Waals surface area contributed by atoms with Crippen LogP contribution in [0.2, 0.25) is 0 Å². The Kier molecular flexibility index (Phi) is 4.55. The lowest BCUT2D eigenvalue weighted by Gasteiger charge is -2.09. The van der Waals surface area contributed by atoms with E-state index < -0.39 is 0 Å². The van der Waals surface area contributed by atoms with Crippen molar-refractivity contribution >= 4 is 17.1 Å². The number of benzene rings is 1. The van der Waals surface area contributed by atoms with Crippen molar-refractivity contribution in [3.05, 3.63) is 45.4 Å². The zero-order valence-corrected chi connectivity index (χ0v) is 13.1. The standard InChI is InChI=1S/C16H19NO2S/c1-10(2)16-17-13(9-20-16)8-19-15-6-5-11(3)7-14(15)12(4)18/h5-7,9-10H,8H2,1-4H3. The molecule has 4 heteroatoms. The molecule has 0 amide bonds. The molecule has 1 heterocycles. The molecule has 0 aliphatic rings. The van der Waals surface area contributed by atoms with Crippen LogP contribution in [0.25, 0.3) is 0 Å². The molecule has 0 radical (unpaired) electrons. The molecule has 0 N–H and O–H groups in total. The molecule has 2 aromatic rings. The first-order valence-corrected chi connectivity index (χ1v) is 7.54. The zero-order chi connectivity index (χ0) is 14.7. The first kappa shape index (κ1) is 14.7. The summed E-state index contributed by atoms with van der Waals surface area (Å²) in [6, 6.07) is 5.66. The Morgan fingerprint density at radius 2 is 2.15 bits per heavy atom. The van der Waals surface area contributed by atoms with Gasteiger partial charge in [0, 0.05) is 11.3 Å². The number of rotatable bonds is 5. The van der Waals surface area contributed by atoms with E-state index in [-0.39, 0.29) is 5.78 Å². The minimum absolute atomic E-state index is 0.0184. The third-order valence-electron chi connectivity index (χ3n) is 2.95. The van der Waals surface area contributed by atoms with Crippen LogP contribution < -0.4 is 4.74 Å². The van der Waals surface area contributed by atoms with Crippen LogP contribution in [0.1, 0.15) is 53.3 Å². The number of thiazole rings is 1. The smallest absolute Gasteiger partial charge is 0.163 e. The maximum absolute atomic E-state index is 11.6. The number of hydrogen-bond donors (Lipinski definition) is 0. The van der Waals surface area contributed by atoms with Crippen LogP contribution in [-0.4, -0.2) is 10.8 Å². The predicted molar refractivity (Wildman–Crippen MR) is 81.7 cm³/mol. The normalized spacial score (nSPS) is 10.8. The van der Waals surface area contributed by atoms with Crippen molar-refractivity contribution in [1.29, 1.82) is 0 Å². The molecular weight excluding hydrogens is 270 g/mol. The van der Waals surface area contributed by atoms with Crippen molar-refractivity contribution in [3.63, 3.8) is 0 Å². The molecule has 0 aliphatic carbocycles. The van der Waals surface area contributed by atoms with Gasteiger partial charge in [-0.15, -0.1) is 11.3 Å². The van der Waals surface area contributed by atoms with E-state index in [2.05, 4.69) is 18.8 Å². The highest BCUT2D eigenvalue weighted by molar-refractivity contribution is 7.09.